The Morgan fingerprint density at radius 2 is 1.73 bits per heavy atom. The van der Waals surface area contributed by atoms with Gasteiger partial charge in [-0.05, 0) is 17.7 Å². The molecule has 0 radical (unpaired) electrons. The summed E-state index contributed by atoms with van der Waals surface area (Å²) in [5.74, 6) is 0. The Kier molecular flexibility index (Phi) is 3.09. The van der Waals surface area contributed by atoms with Crippen molar-refractivity contribution < 1.29 is 4.92 Å². The first-order valence-corrected chi connectivity index (χ1v) is 8.26. The van der Waals surface area contributed by atoms with Crippen LogP contribution in [0.4, 0.5) is 5.69 Å². The Morgan fingerprint density at radius 1 is 1.27 bits per heavy atom. The van der Waals surface area contributed by atoms with Crippen molar-refractivity contribution in [2.75, 3.05) is 0 Å². The van der Waals surface area contributed by atoms with E-state index in [9.17, 15) is 10.1 Å². The summed E-state index contributed by atoms with van der Waals surface area (Å²) in [7, 11) is -1.41. The van der Waals surface area contributed by atoms with Crippen LogP contribution in [0.2, 0.25) is 19.6 Å². The summed E-state index contributed by atoms with van der Waals surface area (Å²) in [5.41, 5.74) is 1.14. The largest absolute Gasteiger partial charge is 0.269 e. The molecular formula is C11H15NO2Si. The van der Waals surface area contributed by atoms with Crippen LogP contribution in [0.5, 0.6) is 0 Å². The minimum absolute atomic E-state index is 0.127. The van der Waals surface area contributed by atoms with Gasteiger partial charge in [0.2, 0.25) is 0 Å². The Labute approximate surface area is 90.6 Å². The molecule has 0 amide bonds. The van der Waals surface area contributed by atoms with E-state index >= 15 is 0 Å². The molecule has 0 heterocycles. The zero-order chi connectivity index (χ0) is 11.6. The Balaban J connectivity index is 3.00. The summed E-state index contributed by atoms with van der Waals surface area (Å²) in [4.78, 5) is 10.1. The smallest absolute Gasteiger partial charge is 0.258 e. The molecule has 80 valence electrons. The van der Waals surface area contributed by atoms with Crippen LogP contribution >= 0.6 is 0 Å². The van der Waals surface area contributed by atoms with Gasteiger partial charge in [-0.15, -0.1) is 0 Å². The first-order chi connectivity index (χ1) is 6.82. The van der Waals surface area contributed by atoms with Crippen molar-refractivity contribution in [1.29, 1.82) is 0 Å². The van der Waals surface area contributed by atoms with E-state index in [1.54, 1.807) is 12.1 Å². The second kappa shape index (κ2) is 3.98. The van der Waals surface area contributed by atoms with Crippen LogP contribution in [-0.4, -0.2) is 13.0 Å². The molecule has 0 aromatic heterocycles. The number of nitrogens with zero attached hydrogens (tertiary/aromatic N) is 1. The number of benzene rings is 1. The van der Waals surface area contributed by atoms with E-state index < -0.39 is 8.07 Å². The number of hydrogen-bond acceptors (Lipinski definition) is 2. The standard InChI is InChI=1S/C11H15NO2Si/c1-9(15(2,3)4)10-5-7-11(8-6-10)12(13)14/h5-8H,1H2,2-4H3. The van der Waals surface area contributed by atoms with Gasteiger partial charge in [0.05, 0.1) is 13.0 Å². The lowest BCUT2D eigenvalue weighted by atomic mass is 10.2. The third-order valence-corrected chi connectivity index (χ3v) is 4.43. The van der Waals surface area contributed by atoms with Crippen LogP contribution in [0.15, 0.2) is 30.8 Å². The topological polar surface area (TPSA) is 43.1 Å². The minimum Gasteiger partial charge on any atom is -0.258 e. The Morgan fingerprint density at radius 3 is 2.07 bits per heavy atom. The molecule has 3 nitrogen and oxygen atoms in total. The fraction of sp³-hybridized carbons (Fsp3) is 0.273. The molecule has 4 heteroatoms. The highest BCUT2D eigenvalue weighted by molar-refractivity contribution is 6.93. The molecule has 15 heavy (non-hydrogen) atoms. The lowest BCUT2D eigenvalue weighted by molar-refractivity contribution is -0.384. The molecular weight excluding hydrogens is 206 g/mol. The van der Waals surface area contributed by atoms with Gasteiger partial charge in [-0.3, -0.25) is 10.1 Å². The quantitative estimate of drug-likeness (QED) is 0.445. The van der Waals surface area contributed by atoms with E-state index in [4.69, 9.17) is 0 Å². The average Bonchev–Trinajstić information content (AvgIpc) is 2.15. The third-order valence-electron chi connectivity index (χ3n) is 2.33. The highest BCUT2D eigenvalue weighted by atomic mass is 28.3. The number of rotatable bonds is 3. The van der Waals surface area contributed by atoms with Gasteiger partial charge in [-0.2, -0.15) is 0 Å². The molecule has 0 atom stereocenters. The fourth-order valence-electron chi connectivity index (χ4n) is 1.22. The summed E-state index contributed by atoms with van der Waals surface area (Å²) in [6.45, 7) is 10.7. The first-order valence-electron chi connectivity index (χ1n) is 4.76. The second-order valence-electron chi connectivity index (χ2n) is 4.53. The zero-order valence-electron chi connectivity index (χ0n) is 9.28. The van der Waals surface area contributed by atoms with Gasteiger partial charge in [0, 0.05) is 12.1 Å². The van der Waals surface area contributed by atoms with Crippen LogP contribution < -0.4 is 0 Å². The van der Waals surface area contributed by atoms with Crippen LogP contribution in [-0.2, 0) is 0 Å². The SMILES string of the molecule is C=C(c1ccc([N+](=O)[O-])cc1)[Si](C)(C)C. The van der Waals surface area contributed by atoms with E-state index in [0.717, 1.165) is 10.8 Å². The van der Waals surface area contributed by atoms with Gasteiger partial charge in [-0.1, -0.05) is 31.4 Å². The molecule has 0 saturated carbocycles. The van der Waals surface area contributed by atoms with Crippen molar-refractivity contribution in [1.82, 2.24) is 0 Å². The maximum atomic E-state index is 10.5. The minimum atomic E-state index is -1.41. The molecule has 0 N–H and O–H groups in total. The Hall–Kier alpha value is -1.42. The van der Waals surface area contributed by atoms with Gasteiger partial charge in [0.15, 0.2) is 0 Å². The number of nitro benzene ring substituents is 1. The van der Waals surface area contributed by atoms with Crippen LogP contribution in [0.1, 0.15) is 5.56 Å². The molecule has 0 aliphatic heterocycles. The van der Waals surface area contributed by atoms with Crippen molar-refractivity contribution in [3.05, 3.63) is 46.5 Å². The van der Waals surface area contributed by atoms with Crippen molar-refractivity contribution in [2.45, 2.75) is 19.6 Å². The lowest BCUT2D eigenvalue weighted by Gasteiger charge is -2.19. The van der Waals surface area contributed by atoms with E-state index in [1.165, 1.54) is 12.1 Å². The zero-order valence-corrected chi connectivity index (χ0v) is 10.3. The molecule has 1 rings (SSSR count). The summed E-state index contributed by atoms with van der Waals surface area (Å²) < 4.78 is 0. The number of hydrogen-bond donors (Lipinski definition) is 0. The van der Waals surface area contributed by atoms with Gasteiger partial charge >= 0.3 is 0 Å². The predicted molar refractivity (Wildman–Crippen MR) is 65.5 cm³/mol. The lowest BCUT2D eigenvalue weighted by Crippen LogP contribution is -2.21. The highest BCUT2D eigenvalue weighted by Crippen LogP contribution is 2.25. The van der Waals surface area contributed by atoms with Crippen LogP contribution in [0.25, 0.3) is 5.20 Å². The van der Waals surface area contributed by atoms with E-state index in [0.29, 0.717) is 0 Å². The first kappa shape index (κ1) is 11.7. The summed E-state index contributed by atoms with van der Waals surface area (Å²) >= 11 is 0. The average molecular weight is 221 g/mol. The number of non-ortho nitro benzene ring substituents is 1. The molecule has 0 saturated heterocycles. The number of nitro groups is 1. The predicted octanol–water partition coefficient (Wildman–Crippen LogP) is 3.49. The van der Waals surface area contributed by atoms with Crippen molar-refractivity contribution in [2.24, 2.45) is 0 Å². The van der Waals surface area contributed by atoms with Gasteiger partial charge in [-0.25, -0.2) is 0 Å². The van der Waals surface area contributed by atoms with E-state index in [-0.39, 0.29) is 10.6 Å². The third kappa shape index (κ3) is 2.76. The summed E-state index contributed by atoms with van der Waals surface area (Å²) in [5, 5.41) is 11.6. The van der Waals surface area contributed by atoms with E-state index in [1.807, 2.05) is 0 Å². The van der Waals surface area contributed by atoms with Crippen LogP contribution in [0, 0.1) is 10.1 Å². The summed E-state index contributed by atoms with van der Waals surface area (Å²) in [6, 6.07) is 6.61. The monoisotopic (exact) mass is 221 g/mol. The maximum Gasteiger partial charge on any atom is 0.269 e. The van der Waals surface area contributed by atoms with Crippen LogP contribution in [0.3, 0.4) is 0 Å². The van der Waals surface area contributed by atoms with Gasteiger partial charge in [0.25, 0.3) is 5.69 Å². The van der Waals surface area contributed by atoms with Crippen molar-refractivity contribution >= 4 is 19.0 Å². The van der Waals surface area contributed by atoms with Crippen molar-refractivity contribution in [3.8, 4) is 0 Å². The molecule has 1 aromatic rings. The maximum absolute atomic E-state index is 10.5. The molecule has 0 fully saturated rings. The van der Waals surface area contributed by atoms with Gasteiger partial charge < -0.3 is 0 Å². The molecule has 0 aliphatic rings. The molecule has 0 spiro atoms. The molecule has 1 aromatic carbocycles. The molecule has 0 unspecified atom stereocenters. The molecule has 0 bridgehead atoms. The molecule has 0 aliphatic carbocycles. The fourth-order valence-corrected chi connectivity index (χ4v) is 2.25. The van der Waals surface area contributed by atoms with Crippen molar-refractivity contribution in [3.63, 3.8) is 0 Å². The normalized spacial score (nSPS) is 11.1. The van der Waals surface area contributed by atoms with E-state index in [2.05, 4.69) is 26.2 Å². The van der Waals surface area contributed by atoms with Gasteiger partial charge in [0.1, 0.15) is 0 Å². The summed E-state index contributed by atoms with van der Waals surface area (Å²) in [6.07, 6.45) is 0. The highest BCUT2D eigenvalue weighted by Gasteiger charge is 2.19. The Bertz CT molecular complexity index is 390. The second-order valence-corrected chi connectivity index (χ2v) is 9.64.